The summed E-state index contributed by atoms with van der Waals surface area (Å²) < 4.78 is 14.1. The fraction of sp³-hybridized carbons (Fsp3) is 0.400. The minimum Gasteiger partial charge on any atom is -0.478 e. The lowest BCUT2D eigenvalue weighted by Gasteiger charge is -2.19. The molecule has 0 radical (unpaired) electrons. The number of aliphatic carboxylic acids is 1. The van der Waals surface area contributed by atoms with Crippen LogP contribution >= 0.6 is 0 Å². The van der Waals surface area contributed by atoms with Crippen molar-refractivity contribution in [2.45, 2.75) is 13.8 Å². The van der Waals surface area contributed by atoms with Crippen LogP contribution in [0, 0.1) is 17.7 Å². The summed E-state index contributed by atoms with van der Waals surface area (Å²) in [7, 11) is 0. The summed E-state index contributed by atoms with van der Waals surface area (Å²) in [6.45, 7) is 6.07. The maximum atomic E-state index is 14.1. The van der Waals surface area contributed by atoms with Crippen molar-refractivity contribution >= 4 is 17.7 Å². The zero-order valence-corrected chi connectivity index (χ0v) is 11.1. The largest absolute Gasteiger partial charge is 0.478 e. The van der Waals surface area contributed by atoms with Gasteiger partial charge in [0.05, 0.1) is 5.69 Å². The van der Waals surface area contributed by atoms with E-state index in [0.29, 0.717) is 23.1 Å². The third kappa shape index (κ3) is 3.13. The Morgan fingerprint density at radius 2 is 2.00 bits per heavy atom. The summed E-state index contributed by atoms with van der Waals surface area (Å²) >= 11 is 0. The Morgan fingerprint density at radius 1 is 1.37 bits per heavy atom. The molecule has 0 spiro atoms. The molecule has 0 aliphatic carbocycles. The zero-order valence-electron chi connectivity index (χ0n) is 11.1. The molecule has 1 aromatic carbocycles. The molecule has 1 saturated heterocycles. The molecule has 0 bridgehead atoms. The molecule has 2 unspecified atom stereocenters. The van der Waals surface area contributed by atoms with Crippen molar-refractivity contribution in [3.63, 3.8) is 0 Å². The number of benzene rings is 1. The van der Waals surface area contributed by atoms with Crippen LogP contribution in [0.2, 0.25) is 0 Å². The Kier molecular flexibility index (Phi) is 3.88. The van der Waals surface area contributed by atoms with Gasteiger partial charge in [0.15, 0.2) is 0 Å². The first-order valence-electron chi connectivity index (χ1n) is 6.43. The summed E-state index contributed by atoms with van der Waals surface area (Å²) in [6.07, 6.45) is 2.40. The Morgan fingerprint density at radius 3 is 2.53 bits per heavy atom. The molecular weight excluding hydrogens is 245 g/mol. The third-order valence-corrected chi connectivity index (χ3v) is 3.72. The molecule has 102 valence electrons. The molecule has 0 aromatic heterocycles. The van der Waals surface area contributed by atoms with Gasteiger partial charge in [-0.05, 0) is 35.6 Å². The molecule has 19 heavy (non-hydrogen) atoms. The van der Waals surface area contributed by atoms with Crippen LogP contribution in [0.1, 0.15) is 19.4 Å². The summed E-state index contributed by atoms with van der Waals surface area (Å²) in [5.74, 6) is -0.211. The van der Waals surface area contributed by atoms with Crippen LogP contribution in [0.3, 0.4) is 0 Å². The number of carbonyl (C=O) groups is 1. The minimum absolute atomic E-state index is 0.297. The maximum Gasteiger partial charge on any atom is 0.328 e. The Labute approximate surface area is 112 Å². The summed E-state index contributed by atoms with van der Waals surface area (Å²) in [4.78, 5) is 12.5. The normalized spacial score (nSPS) is 23.2. The van der Waals surface area contributed by atoms with E-state index in [9.17, 15) is 9.18 Å². The van der Waals surface area contributed by atoms with Crippen LogP contribution in [0.5, 0.6) is 0 Å². The van der Waals surface area contributed by atoms with Gasteiger partial charge < -0.3 is 10.0 Å². The first-order valence-corrected chi connectivity index (χ1v) is 6.43. The Bertz CT molecular complexity index is 503. The van der Waals surface area contributed by atoms with Crippen molar-refractivity contribution in [3.05, 3.63) is 35.7 Å². The molecule has 0 saturated carbocycles. The van der Waals surface area contributed by atoms with Gasteiger partial charge in [0.1, 0.15) is 5.82 Å². The average molecular weight is 263 g/mol. The number of carboxylic acids is 1. The predicted molar refractivity (Wildman–Crippen MR) is 73.6 cm³/mol. The topological polar surface area (TPSA) is 40.5 Å². The van der Waals surface area contributed by atoms with E-state index in [2.05, 4.69) is 18.7 Å². The van der Waals surface area contributed by atoms with Crippen LogP contribution in [0.25, 0.3) is 6.08 Å². The second kappa shape index (κ2) is 5.43. The van der Waals surface area contributed by atoms with Gasteiger partial charge in [0.25, 0.3) is 0 Å². The number of anilines is 1. The van der Waals surface area contributed by atoms with Crippen LogP contribution in [0.15, 0.2) is 24.3 Å². The molecule has 3 nitrogen and oxygen atoms in total. The zero-order chi connectivity index (χ0) is 14.0. The number of nitrogens with zero attached hydrogens (tertiary/aromatic N) is 1. The Balaban J connectivity index is 2.18. The molecular formula is C15H18FNO2. The van der Waals surface area contributed by atoms with Gasteiger partial charge in [-0.25, -0.2) is 9.18 Å². The highest BCUT2D eigenvalue weighted by atomic mass is 19.1. The van der Waals surface area contributed by atoms with Crippen LogP contribution < -0.4 is 4.90 Å². The molecule has 1 aromatic rings. The monoisotopic (exact) mass is 263 g/mol. The van der Waals surface area contributed by atoms with E-state index in [1.807, 2.05) is 0 Å². The van der Waals surface area contributed by atoms with Gasteiger partial charge in [-0.1, -0.05) is 19.9 Å². The van der Waals surface area contributed by atoms with Crippen LogP contribution in [-0.4, -0.2) is 24.2 Å². The van der Waals surface area contributed by atoms with E-state index in [1.54, 1.807) is 12.1 Å². The number of carboxylic acid groups (broad SMARTS) is 1. The van der Waals surface area contributed by atoms with Gasteiger partial charge in [0, 0.05) is 19.2 Å². The summed E-state index contributed by atoms with van der Waals surface area (Å²) in [5, 5.41) is 8.54. The number of hydrogen-bond donors (Lipinski definition) is 1. The first-order chi connectivity index (χ1) is 8.97. The molecule has 1 aliphatic heterocycles. The van der Waals surface area contributed by atoms with Crippen LogP contribution in [0.4, 0.5) is 10.1 Å². The molecule has 2 rings (SSSR count). The highest BCUT2D eigenvalue weighted by Crippen LogP contribution is 2.30. The first kappa shape index (κ1) is 13.6. The highest BCUT2D eigenvalue weighted by Gasteiger charge is 2.27. The fourth-order valence-corrected chi connectivity index (χ4v) is 2.38. The lowest BCUT2D eigenvalue weighted by atomic mass is 10.0. The van der Waals surface area contributed by atoms with E-state index >= 15 is 0 Å². The van der Waals surface area contributed by atoms with E-state index in [1.165, 1.54) is 12.1 Å². The van der Waals surface area contributed by atoms with Crippen molar-refractivity contribution in [1.82, 2.24) is 0 Å². The van der Waals surface area contributed by atoms with E-state index in [0.717, 1.165) is 19.2 Å². The van der Waals surface area contributed by atoms with E-state index < -0.39 is 5.97 Å². The molecule has 1 aliphatic rings. The smallest absolute Gasteiger partial charge is 0.328 e. The maximum absolute atomic E-state index is 14.1. The molecule has 1 N–H and O–H groups in total. The van der Waals surface area contributed by atoms with E-state index in [4.69, 9.17) is 5.11 Å². The molecule has 2 atom stereocenters. The highest BCUT2D eigenvalue weighted by molar-refractivity contribution is 5.85. The lowest BCUT2D eigenvalue weighted by Crippen LogP contribution is -2.20. The van der Waals surface area contributed by atoms with Crippen molar-refractivity contribution < 1.29 is 14.3 Å². The number of rotatable bonds is 3. The molecule has 0 amide bonds. The quantitative estimate of drug-likeness (QED) is 0.852. The van der Waals surface area contributed by atoms with Gasteiger partial charge in [-0.2, -0.15) is 0 Å². The molecule has 4 heteroatoms. The number of hydrogen-bond acceptors (Lipinski definition) is 2. The van der Waals surface area contributed by atoms with Crippen molar-refractivity contribution in [3.8, 4) is 0 Å². The average Bonchev–Trinajstić information content (AvgIpc) is 2.67. The van der Waals surface area contributed by atoms with Crippen molar-refractivity contribution in [2.75, 3.05) is 18.0 Å². The van der Waals surface area contributed by atoms with Crippen molar-refractivity contribution in [2.24, 2.45) is 11.8 Å². The van der Waals surface area contributed by atoms with Gasteiger partial charge in [0.2, 0.25) is 0 Å². The molecule has 1 heterocycles. The minimum atomic E-state index is -1.04. The van der Waals surface area contributed by atoms with Gasteiger partial charge in [-0.15, -0.1) is 0 Å². The van der Waals surface area contributed by atoms with E-state index in [-0.39, 0.29) is 5.82 Å². The van der Waals surface area contributed by atoms with Crippen LogP contribution in [-0.2, 0) is 4.79 Å². The number of halogens is 1. The Hall–Kier alpha value is -1.84. The fourth-order valence-electron chi connectivity index (χ4n) is 2.38. The molecule has 1 fully saturated rings. The summed E-state index contributed by atoms with van der Waals surface area (Å²) in [5.41, 5.74) is 1.16. The van der Waals surface area contributed by atoms with Crippen molar-refractivity contribution in [1.29, 1.82) is 0 Å². The second-order valence-electron chi connectivity index (χ2n) is 5.24. The third-order valence-electron chi connectivity index (χ3n) is 3.72. The predicted octanol–water partition coefficient (Wildman–Crippen LogP) is 3.02. The standard InChI is InChI=1S/C15H18FNO2/c1-10-8-17(9-11(10)2)14-5-3-12(7-13(14)16)4-6-15(18)19/h3-7,10-11H,8-9H2,1-2H3,(H,18,19). The summed E-state index contributed by atoms with van der Waals surface area (Å²) in [6, 6.07) is 4.84. The lowest BCUT2D eigenvalue weighted by molar-refractivity contribution is -0.131. The SMILES string of the molecule is CC1CN(c2ccc(C=CC(=O)O)cc2F)CC1C. The van der Waals surface area contributed by atoms with Gasteiger partial charge >= 0.3 is 5.97 Å². The second-order valence-corrected chi connectivity index (χ2v) is 5.24. The van der Waals surface area contributed by atoms with Gasteiger partial charge in [-0.3, -0.25) is 0 Å².